The van der Waals surface area contributed by atoms with Crippen LogP contribution >= 0.6 is 0 Å². The number of hydrogen-bond acceptors (Lipinski definition) is 3. The molecule has 0 radical (unpaired) electrons. The highest BCUT2D eigenvalue weighted by atomic mass is 16.6. The molecule has 3 nitrogen and oxygen atoms in total. The fourth-order valence-electron chi connectivity index (χ4n) is 1.57. The molecule has 2 heterocycles. The largest absolute Gasteiger partial charge is 0.372 e. The van der Waals surface area contributed by atoms with Gasteiger partial charge in [-0.1, -0.05) is 20.8 Å². The normalized spacial score (nSPS) is 39.8. The molecule has 2 rings (SSSR count). The van der Waals surface area contributed by atoms with Gasteiger partial charge in [0, 0.05) is 12.5 Å². The summed E-state index contributed by atoms with van der Waals surface area (Å²) < 4.78 is 11.0. The predicted molar refractivity (Wildman–Crippen MR) is 48.0 cm³/mol. The van der Waals surface area contributed by atoms with Crippen LogP contribution in [-0.2, 0) is 9.47 Å². The van der Waals surface area contributed by atoms with Crippen molar-refractivity contribution in [2.75, 3.05) is 19.8 Å². The zero-order chi connectivity index (χ0) is 8.97. The smallest absolute Gasteiger partial charge is 0.135 e. The Morgan fingerprint density at radius 1 is 1.25 bits per heavy atom. The van der Waals surface area contributed by atoms with Crippen LogP contribution in [0.15, 0.2) is 0 Å². The van der Waals surface area contributed by atoms with Crippen LogP contribution in [0.1, 0.15) is 20.8 Å². The van der Waals surface area contributed by atoms with E-state index in [0.717, 1.165) is 19.8 Å². The lowest BCUT2D eigenvalue weighted by Crippen LogP contribution is -2.47. The summed E-state index contributed by atoms with van der Waals surface area (Å²) in [4.78, 5) is 0. The van der Waals surface area contributed by atoms with Gasteiger partial charge in [-0.05, 0) is 0 Å². The molecule has 3 atom stereocenters. The summed E-state index contributed by atoms with van der Waals surface area (Å²) in [5, 5.41) is 3.26. The number of hydrogen-bond donors (Lipinski definition) is 1. The lowest BCUT2D eigenvalue weighted by molar-refractivity contribution is -0.0630. The lowest BCUT2D eigenvalue weighted by Gasteiger charge is -2.27. The molecular weight excluding hydrogens is 154 g/mol. The Morgan fingerprint density at radius 3 is 2.67 bits per heavy atom. The first kappa shape index (κ1) is 9.96. The maximum absolute atomic E-state index is 5.53. The maximum Gasteiger partial charge on any atom is 0.135 e. The van der Waals surface area contributed by atoms with E-state index in [0.29, 0.717) is 12.0 Å². The molecule has 1 N–H and O–H groups in total. The van der Waals surface area contributed by atoms with E-state index in [1.54, 1.807) is 0 Å². The van der Waals surface area contributed by atoms with E-state index in [1.165, 1.54) is 0 Å². The Morgan fingerprint density at radius 2 is 2.00 bits per heavy atom. The molecule has 0 aromatic heterocycles. The van der Waals surface area contributed by atoms with Crippen molar-refractivity contribution in [2.45, 2.75) is 33.1 Å². The zero-order valence-corrected chi connectivity index (χ0v) is 8.17. The molecule has 12 heavy (non-hydrogen) atoms. The number of fused-ring (bicyclic) bond motifs is 1. The topological polar surface area (TPSA) is 30.5 Å². The van der Waals surface area contributed by atoms with Crippen LogP contribution in [0, 0.1) is 5.92 Å². The number of morpholine rings is 1. The van der Waals surface area contributed by atoms with Crippen molar-refractivity contribution in [1.82, 2.24) is 5.32 Å². The van der Waals surface area contributed by atoms with Gasteiger partial charge in [0.25, 0.3) is 0 Å². The Hall–Kier alpha value is -0.120. The fourth-order valence-corrected chi connectivity index (χ4v) is 1.57. The van der Waals surface area contributed by atoms with E-state index in [9.17, 15) is 0 Å². The van der Waals surface area contributed by atoms with Gasteiger partial charge in [0.15, 0.2) is 0 Å². The molecule has 2 aliphatic rings. The monoisotopic (exact) mass is 173 g/mol. The second kappa shape index (κ2) is 4.80. The maximum atomic E-state index is 5.53. The predicted octanol–water partition coefficient (Wildman–Crippen LogP) is 0.993. The summed E-state index contributed by atoms with van der Waals surface area (Å²) >= 11 is 0. The molecule has 0 saturated carbocycles. The molecule has 0 aliphatic carbocycles. The van der Waals surface area contributed by atoms with Crippen molar-refractivity contribution < 1.29 is 9.47 Å². The molecule has 0 bridgehead atoms. The van der Waals surface area contributed by atoms with Gasteiger partial charge in [-0.25, -0.2) is 0 Å². The van der Waals surface area contributed by atoms with Gasteiger partial charge in [-0.2, -0.15) is 0 Å². The van der Waals surface area contributed by atoms with Crippen LogP contribution in [-0.4, -0.2) is 32.1 Å². The Kier molecular flexibility index (Phi) is 3.98. The number of ether oxygens (including phenoxy) is 2. The van der Waals surface area contributed by atoms with Crippen LogP contribution in [0.4, 0.5) is 0 Å². The highest BCUT2D eigenvalue weighted by Gasteiger charge is 2.36. The summed E-state index contributed by atoms with van der Waals surface area (Å²) in [6.07, 6.45) is 0.470. The first-order chi connectivity index (χ1) is 5.88. The Bertz CT molecular complexity index is 128. The third-order valence-corrected chi connectivity index (χ3v) is 2.16. The first-order valence-corrected chi connectivity index (χ1v) is 4.84. The minimum atomic E-state index is 0.170. The van der Waals surface area contributed by atoms with Crippen molar-refractivity contribution in [3.63, 3.8) is 0 Å². The molecule has 2 saturated heterocycles. The molecule has 2 fully saturated rings. The van der Waals surface area contributed by atoms with E-state index in [4.69, 9.17) is 9.47 Å². The van der Waals surface area contributed by atoms with Gasteiger partial charge < -0.3 is 9.47 Å². The number of nitrogens with one attached hydrogen (secondary N) is 1. The van der Waals surface area contributed by atoms with Crippen LogP contribution < -0.4 is 5.32 Å². The standard InChI is InChI=1S/C7H13NO2.C2H6/c1-5-4-10-7-6(5)9-3-2-8-7;1-2/h5-8H,2-4H2,1H3;1-2H3. The summed E-state index contributed by atoms with van der Waals surface area (Å²) in [6, 6.07) is 0. The SMILES string of the molecule is CC.CC1COC2NCCOC12. The third kappa shape index (κ3) is 1.97. The zero-order valence-electron chi connectivity index (χ0n) is 8.17. The highest BCUT2D eigenvalue weighted by Crippen LogP contribution is 2.22. The van der Waals surface area contributed by atoms with Crippen LogP contribution in [0.3, 0.4) is 0 Å². The molecule has 2 aliphatic heterocycles. The van der Waals surface area contributed by atoms with Gasteiger partial charge in [0.1, 0.15) is 12.3 Å². The van der Waals surface area contributed by atoms with Gasteiger partial charge >= 0.3 is 0 Å². The second-order valence-corrected chi connectivity index (χ2v) is 3.02. The number of rotatable bonds is 0. The quantitative estimate of drug-likeness (QED) is 0.592. The minimum absolute atomic E-state index is 0.170. The van der Waals surface area contributed by atoms with Gasteiger partial charge in [0.2, 0.25) is 0 Å². The molecule has 3 heteroatoms. The second-order valence-electron chi connectivity index (χ2n) is 3.02. The van der Waals surface area contributed by atoms with E-state index < -0.39 is 0 Å². The lowest BCUT2D eigenvalue weighted by atomic mass is 10.1. The molecule has 72 valence electrons. The molecule has 0 aromatic rings. The van der Waals surface area contributed by atoms with Crippen LogP contribution in [0.25, 0.3) is 0 Å². The van der Waals surface area contributed by atoms with E-state index in [2.05, 4.69) is 12.2 Å². The summed E-state index contributed by atoms with van der Waals surface area (Å²) in [7, 11) is 0. The summed E-state index contributed by atoms with van der Waals surface area (Å²) in [5.74, 6) is 0.554. The summed E-state index contributed by atoms with van der Waals surface area (Å²) in [6.45, 7) is 8.75. The van der Waals surface area contributed by atoms with E-state index in [-0.39, 0.29) is 6.23 Å². The van der Waals surface area contributed by atoms with Gasteiger partial charge in [-0.15, -0.1) is 0 Å². The van der Waals surface area contributed by atoms with Crippen molar-refractivity contribution in [2.24, 2.45) is 5.92 Å². The Balaban J connectivity index is 0.000000336. The van der Waals surface area contributed by atoms with Crippen molar-refractivity contribution in [3.05, 3.63) is 0 Å². The van der Waals surface area contributed by atoms with Gasteiger partial charge in [0.05, 0.1) is 13.2 Å². The van der Waals surface area contributed by atoms with E-state index in [1.807, 2.05) is 13.8 Å². The molecule has 0 spiro atoms. The van der Waals surface area contributed by atoms with E-state index >= 15 is 0 Å². The van der Waals surface area contributed by atoms with Gasteiger partial charge in [-0.3, -0.25) is 5.32 Å². The van der Waals surface area contributed by atoms with Crippen molar-refractivity contribution in [1.29, 1.82) is 0 Å². The molecule has 0 amide bonds. The summed E-state index contributed by atoms with van der Waals surface area (Å²) in [5.41, 5.74) is 0. The third-order valence-electron chi connectivity index (χ3n) is 2.16. The molecule has 0 aromatic carbocycles. The fraction of sp³-hybridized carbons (Fsp3) is 1.00. The minimum Gasteiger partial charge on any atom is -0.372 e. The molecule has 3 unspecified atom stereocenters. The highest BCUT2D eigenvalue weighted by molar-refractivity contribution is 4.83. The Labute approximate surface area is 74.4 Å². The average Bonchev–Trinajstić information content (AvgIpc) is 2.53. The van der Waals surface area contributed by atoms with Crippen LogP contribution in [0.5, 0.6) is 0 Å². The molecular formula is C9H19NO2. The van der Waals surface area contributed by atoms with Crippen molar-refractivity contribution >= 4 is 0 Å². The first-order valence-electron chi connectivity index (χ1n) is 4.84. The van der Waals surface area contributed by atoms with Crippen molar-refractivity contribution in [3.8, 4) is 0 Å². The average molecular weight is 173 g/mol. The van der Waals surface area contributed by atoms with Crippen LogP contribution in [0.2, 0.25) is 0 Å².